The molecule has 1 amide bonds. The van der Waals surface area contributed by atoms with Crippen molar-refractivity contribution in [3.8, 4) is 5.75 Å². The van der Waals surface area contributed by atoms with Crippen LogP contribution in [0.1, 0.15) is 77.0 Å². The fourth-order valence-corrected chi connectivity index (χ4v) is 4.63. The first-order valence-corrected chi connectivity index (χ1v) is 10.3. The number of aliphatic hydroxyl groups excluding tert-OH is 1. The third kappa shape index (κ3) is 4.20. The molecule has 146 valence electrons. The van der Waals surface area contributed by atoms with Crippen molar-refractivity contribution < 1.29 is 15.0 Å². The number of phenols is 1. The predicted octanol–water partition coefficient (Wildman–Crippen LogP) is 4.33. The molecule has 2 rings (SSSR count). The third-order valence-electron chi connectivity index (χ3n) is 4.84. The number of nitrogens with zero attached hydrogens (tertiary/aromatic N) is 1. The quantitative estimate of drug-likeness (QED) is 0.817. The molecule has 1 heterocycles. The second kappa shape index (κ2) is 7.43. The fraction of sp³-hybridized carbons (Fsp3) is 0.667. The number of thioether (sulfide) groups is 1. The number of amides is 1. The first-order chi connectivity index (χ1) is 11.9. The van der Waals surface area contributed by atoms with E-state index in [1.807, 2.05) is 11.8 Å². The Labute approximate surface area is 162 Å². The molecule has 2 atom stereocenters. The summed E-state index contributed by atoms with van der Waals surface area (Å²) < 4.78 is 0. The molecular formula is C21H33NO3S. The molecule has 1 aromatic carbocycles. The second-order valence-electron chi connectivity index (χ2n) is 9.20. The van der Waals surface area contributed by atoms with E-state index in [9.17, 15) is 15.0 Å². The Balaban J connectivity index is 2.59. The van der Waals surface area contributed by atoms with Gasteiger partial charge in [0, 0.05) is 13.2 Å². The first-order valence-electron chi connectivity index (χ1n) is 9.32. The molecule has 2 unspecified atom stereocenters. The Bertz CT molecular complexity index is 638. The summed E-state index contributed by atoms with van der Waals surface area (Å²) in [6.07, 6.45) is 0.575. The van der Waals surface area contributed by atoms with Crippen molar-refractivity contribution in [2.24, 2.45) is 0 Å². The zero-order valence-electron chi connectivity index (χ0n) is 17.1. The normalized spacial score (nSPS) is 21.5. The maximum absolute atomic E-state index is 12.6. The number of rotatable bonds is 4. The number of carbonyl (C=O) groups excluding carboxylic acids is 1. The van der Waals surface area contributed by atoms with Crippen LogP contribution < -0.4 is 0 Å². The van der Waals surface area contributed by atoms with Crippen LogP contribution in [0.3, 0.4) is 0 Å². The Kier molecular flexibility index (Phi) is 6.03. The smallest absolute Gasteiger partial charge is 0.236 e. The molecule has 4 nitrogen and oxygen atoms in total. The second-order valence-corrected chi connectivity index (χ2v) is 10.6. The van der Waals surface area contributed by atoms with Gasteiger partial charge in [0.25, 0.3) is 0 Å². The summed E-state index contributed by atoms with van der Waals surface area (Å²) in [5.74, 6) is 0.481. The van der Waals surface area contributed by atoms with Gasteiger partial charge in [0.2, 0.25) is 5.91 Å². The van der Waals surface area contributed by atoms with Gasteiger partial charge in [-0.1, -0.05) is 41.5 Å². The molecule has 5 heteroatoms. The highest BCUT2D eigenvalue weighted by Crippen LogP contribution is 2.47. The number of phenolic OH excluding ortho intramolecular Hbond substituents is 1. The zero-order valence-corrected chi connectivity index (χ0v) is 17.9. The standard InChI is InChI=1S/C21H33NO3S/c1-13-18(25)22(9-8-10-23)19(26-13)14-11-15(20(2,3)4)17(24)16(12-14)21(5,6)7/h11-13,19,23-24H,8-10H2,1-7H3. The van der Waals surface area contributed by atoms with Crippen LogP contribution in [0.4, 0.5) is 0 Å². The first kappa shape index (κ1) is 21.1. The molecule has 0 aromatic heterocycles. The van der Waals surface area contributed by atoms with Gasteiger partial charge < -0.3 is 15.1 Å². The van der Waals surface area contributed by atoms with Crippen LogP contribution in [0.2, 0.25) is 0 Å². The molecule has 1 fully saturated rings. The van der Waals surface area contributed by atoms with E-state index < -0.39 is 0 Å². The lowest BCUT2D eigenvalue weighted by Crippen LogP contribution is -2.32. The highest BCUT2D eigenvalue weighted by molar-refractivity contribution is 8.01. The monoisotopic (exact) mass is 379 g/mol. The third-order valence-corrected chi connectivity index (χ3v) is 6.23. The Morgan fingerprint density at radius 1 is 1.08 bits per heavy atom. The van der Waals surface area contributed by atoms with Crippen molar-refractivity contribution >= 4 is 17.7 Å². The molecule has 1 saturated heterocycles. The number of hydrogen-bond donors (Lipinski definition) is 2. The molecule has 0 bridgehead atoms. The van der Waals surface area contributed by atoms with Crippen LogP contribution in [0.25, 0.3) is 0 Å². The van der Waals surface area contributed by atoms with Crippen molar-refractivity contribution in [3.63, 3.8) is 0 Å². The number of aromatic hydroxyl groups is 1. The van der Waals surface area contributed by atoms with E-state index in [1.54, 1.807) is 11.8 Å². The summed E-state index contributed by atoms with van der Waals surface area (Å²) >= 11 is 1.64. The van der Waals surface area contributed by atoms with Crippen molar-refractivity contribution in [2.75, 3.05) is 13.2 Å². The fourth-order valence-electron chi connectivity index (χ4n) is 3.34. The van der Waals surface area contributed by atoms with E-state index in [0.717, 1.165) is 16.7 Å². The Morgan fingerprint density at radius 2 is 1.58 bits per heavy atom. The summed E-state index contributed by atoms with van der Waals surface area (Å²) in [5.41, 5.74) is 2.48. The van der Waals surface area contributed by atoms with Crippen LogP contribution in [-0.4, -0.2) is 39.4 Å². The van der Waals surface area contributed by atoms with Gasteiger partial charge in [-0.25, -0.2) is 0 Å². The number of hydrogen-bond acceptors (Lipinski definition) is 4. The summed E-state index contributed by atoms with van der Waals surface area (Å²) in [4.78, 5) is 14.5. The average molecular weight is 380 g/mol. The minimum Gasteiger partial charge on any atom is -0.507 e. The minimum atomic E-state index is -0.199. The molecule has 1 aromatic rings. The molecule has 26 heavy (non-hydrogen) atoms. The zero-order chi connectivity index (χ0) is 19.9. The lowest BCUT2D eigenvalue weighted by molar-refractivity contribution is -0.129. The van der Waals surface area contributed by atoms with Gasteiger partial charge in [0.05, 0.1) is 5.25 Å². The van der Waals surface area contributed by atoms with Crippen molar-refractivity contribution in [1.29, 1.82) is 0 Å². The van der Waals surface area contributed by atoms with Gasteiger partial charge in [0.1, 0.15) is 11.1 Å². The number of carbonyl (C=O) groups is 1. The molecule has 0 saturated carbocycles. The van der Waals surface area contributed by atoms with Gasteiger partial charge in [-0.05, 0) is 53.0 Å². The summed E-state index contributed by atoms with van der Waals surface area (Å²) in [7, 11) is 0. The van der Waals surface area contributed by atoms with Crippen LogP contribution in [0.15, 0.2) is 12.1 Å². The van der Waals surface area contributed by atoms with Gasteiger partial charge in [-0.3, -0.25) is 4.79 Å². The Hall–Kier alpha value is -1.20. The maximum atomic E-state index is 12.6. The maximum Gasteiger partial charge on any atom is 0.236 e. The van der Waals surface area contributed by atoms with Crippen molar-refractivity contribution in [3.05, 3.63) is 28.8 Å². The van der Waals surface area contributed by atoms with E-state index in [2.05, 4.69) is 53.7 Å². The van der Waals surface area contributed by atoms with Gasteiger partial charge in [-0.15, -0.1) is 11.8 Å². The van der Waals surface area contributed by atoms with E-state index in [0.29, 0.717) is 18.7 Å². The van der Waals surface area contributed by atoms with Gasteiger partial charge in [0.15, 0.2) is 0 Å². The predicted molar refractivity (Wildman–Crippen MR) is 109 cm³/mol. The van der Waals surface area contributed by atoms with E-state index >= 15 is 0 Å². The molecule has 1 aliphatic rings. The highest BCUT2D eigenvalue weighted by atomic mass is 32.2. The summed E-state index contributed by atoms with van der Waals surface area (Å²) in [5, 5.41) is 19.9. The van der Waals surface area contributed by atoms with Crippen LogP contribution in [0.5, 0.6) is 5.75 Å². The molecule has 0 radical (unpaired) electrons. The molecule has 0 aliphatic carbocycles. The van der Waals surface area contributed by atoms with Crippen molar-refractivity contribution in [2.45, 2.75) is 76.3 Å². The Morgan fingerprint density at radius 3 is 2.00 bits per heavy atom. The summed E-state index contributed by atoms with van der Waals surface area (Å²) in [6, 6.07) is 4.11. The topological polar surface area (TPSA) is 60.8 Å². The lowest BCUT2D eigenvalue weighted by atomic mass is 9.78. The van der Waals surface area contributed by atoms with Gasteiger partial charge in [-0.2, -0.15) is 0 Å². The largest absolute Gasteiger partial charge is 0.507 e. The van der Waals surface area contributed by atoms with E-state index in [4.69, 9.17) is 0 Å². The molecule has 0 spiro atoms. The van der Waals surface area contributed by atoms with Crippen LogP contribution in [0, 0.1) is 0 Å². The van der Waals surface area contributed by atoms with E-state index in [1.165, 1.54) is 0 Å². The highest BCUT2D eigenvalue weighted by Gasteiger charge is 2.39. The lowest BCUT2D eigenvalue weighted by Gasteiger charge is -2.31. The molecule has 1 aliphatic heterocycles. The summed E-state index contributed by atoms with van der Waals surface area (Å²) in [6.45, 7) is 15.1. The van der Waals surface area contributed by atoms with Crippen LogP contribution in [-0.2, 0) is 15.6 Å². The average Bonchev–Trinajstić information content (AvgIpc) is 2.78. The molecule has 2 N–H and O–H groups in total. The number of benzene rings is 1. The van der Waals surface area contributed by atoms with E-state index in [-0.39, 0.29) is 34.0 Å². The minimum absolute atomic E-state index is 0.0750. The SMILES string of the molecule is CC1SC(c2cc(C(C)(C)C)c(O)c(C(C)(C)C)c2)N(CCCO)C1=O. The van der Waals surface area contributed by atoms with Crippen LogP contribution >= 0.6 is 11.8 Å². The molecular weight excluding hydrogens is 346 g/mol. The van der Waals surface area contributed by atoms with Crippen molar-refractivity contribution in [1.82, 2.24) is 4.90 Å². The number of aliphatic hydroxyl groups is 1. The van der Waals surface area contributed by atoms with Gasteiger partial charge >= 0.3 is 0 Å².